The predicted octanol–water partition coefficient (Wildman–Crippen LogP) is 2.69. The first-order valence-electron chi connectivity index (χ1n) is 7.27. The van der Waals surface area contributed by atoms with Crippen LogP contribution in [0.25, 0.3) is 5.69 Å². The van der Waals surface area contributed by atoms with E-state index in [1.54, 1.807) is 0 Å². The van der Waals surface area contributed by atoms with Gasteiger partial charge in [0.1, 0.15) is 0 Å². The lowest BCUT2D eigenvalue weighted by molar-refractivity contribution is 0.0617. The van der Waals surface area contributed by atoms with E-state index in [1.807, 2.05) is 47.3 Å². The van der Waals surface area contributed by atoms with Crippen LogP contribution in [0.15, 0.2) is 42.6 Å². The molecule has 0 radical (unpaired) electrons. The SMILES string of the molecule is NC(CC1CCOCC1)c1ccn(-c2ccccc2)n1. The van der Waals surface area contributed by atoms with Crippen LogP contribution in [-0.4, -0.2) is 23.0 Å². The minimum Gasteiger partial charge on any atom is -0.381 e. The van der Waals surface area contributed by atoms with E-state index in [1.165, 1.54) is 0 Å². The van der Waals surface area contributed by atoms with Gasteiger partial charge in [0.25, 0.3) is 0 Å². The molecular formula is C16H21N3O. The summed E-state index contributed by atoms with van der Waals surface area (Å²) in [7, 11) is 0. The van der Waals surface area contributed by atoms with E-state index in [-0.39, 0.29) is 6.04 Å². The fourth-order valence-electron chi connectivity index (χ4n) is 2.72. The Morgan fingerprint density at radius 3 is 2.70 bits per heavy atom. The maximum absolute atomic E-state index is 6.30. The maximum atomic E-state index is 6.30. The zero-order valence-corrected chi connectivity index (χ0v) is 11.6. The molecule has 1 fully saturated rings. The number of hydrogen-bond donors (Lipinski definition) is 1. The molecule has 0 bridgehead atoms. The molecule has 2 N–H and O–H groups in total. The van der Waals surface area contributed by atoms with Gasteiger partial charge in [0.05, 0.1) is 11.4 Å². The highest BCUT2D eigenvalue weighted by molar-refractivity contribution is 5.30. The van der Waals surface area contributed by atoms with Gasteiger partial charge in [-0.05, 0) is 43.4 Å². The van der Waals surface area contributed by atoms with Crippen LogP contribution < -0.4 is 5.73 Å². The van der Waals surface area contributed by atoms with E-state index in [0.717, 1.165) is 43.9 Å². The normalized spacial score (nSPS) is 18.1. The quantitative estimate of drug-likeness (QED) is 0.930. The average Bonchev–Trinajstić information content (AvgIpc) is 2.99. The fourth-order valence-corrected chi connectivity index (χ4v) is 2.72. The molecule has 1 unspecified atom stereocenters. The van der Waals surface area contributed by atoms with Gasteiger partial charge in [0.15, 0.2) is 0 Å². The predicted molar refractivity (Wildman–Crippen MR) is 78.7 cm³/mol. The number of aromatic nitrogens is 2. The van der Waals surface area contributed by atoms with Crippen LogP contribution >= 0.6 is 0 Å². The Morgan fingerprint density at radius 1 is 1.20 bits per heavy atom. The molecule has 4 nitrogen and oxygen atoms in total. The van der Waals surface area contributed by atoms with Crippen LogP contribution in [-0.2, 0) is 4.74 Å². The van der Waals surface area contributed by atoms with Crippen molar-refractivity contribution in [2.45, 2.75) is 25.3 Å². The Balaban J connectivity index is 1.66. The molecule has 1 aliphatic heterocycles. The molecule has 1 aliphatic rings. The number of rotatable bonds is 4. The minimum atomic E-state index is 0.0167. The van der Waals surface area contributed by atoms with E-state index in [4.69, 9.17) is 10.5 Å². The van der Waals surface area contributed by atoms with Crippen molar-refractivity contribution in [2.75, 3.05) is 13.2 Å². The molecule has 20 heavy (non-hydrogen) atoms. The Labute approximate surface area is 119 Å². The van der Waals surface area contributed by atoms with Gasteiger partial charge in [-0.15, -0.1) is 0 Å². The largest absolute Gasteiger partial charge is 0.381 e. The summed E-state index contributed by atoms with van der Waals surface area (Å²) in [5, 5.41) is 4.61. The molecule has 0 spiro atoms. The van der Waals surface area contributed by atoms with Crippen molar-refractivity contribution in [1.29, 1.82) is 0 Å². The summed E-state index contributed by atoms with van der Waals surface area (Å²) in [6.45, 7) is 1.74. The molecule has 1 saturated heterocycles. The van der Waals surface area contributed by atoms with Crippen molar-refractivity contribution in [3.63, 3.8) is 0 Å². The molecule has 1 aromatic heterocycles. The molecule has 0 amide bonds. The van der Waals surface area contributed by atoms with Gasteiger partial charge in [0.2, 0.25) is 0 Å². The van der Waals surface area contributed by atoms with Crippen molar-refractivity contribution >= 4 is 0 Å². The van der Waals surface area contributed by atoms with Gasteiger partial charge in [-0.25, -0.2) is 4.68 Å². The van der Waals surface area contributed by atoms with Gasteiger partial charge < -0.3 is 10.5 Å². The standard InChI is InChI=1S/C16H21N3O/c17-15(12-13-7-10-20-11-8-13)16-6-9-19(18-16)14-4-2-1-3-5-14/h1-6,9,13,15H,7-8,10-12,17H2. The minimum absolute atomic E-state index is 0.0167. The van der Waals surface area contributed by atoms with E-state index in [9.17, 15) is 0 Å². The Hall–Kier alpha value is -1.65. The molecule has 0 saturated carbocycles. The molecule has 2 aromatic rings. The summed E-state index contributed by atoms with van der Waals surface area (Å²) in [5.41, 5.74) is 8.34. The van der Waals surface area contributed by atoms with E-state index < -0.39 is 0 Å². The van der Waals surface area contributed by atoms with E-state index in [0.29, 0.717) is 5.92 Å². The smallest absolute Gasteiger partial charge is 0.0796 e. The maximum Gasteiger partial charge on any atom is 0.0796 e. The van der Waals surface area contributed by atoms with Crippen molar-refractivity contribution in [2.24, 2.45) is 11.7 Å². The third-order valence-corrected chi connectivity index (χ3v) is 3.94. The highest BCUT2D eigenvalue weighted by Gasteiger charge is 2.19. The van der Waals surface area contributed by atoms with Crippen LogP contribution in [0.5, 0.6) is 0 Å². The molecule has 4 heteroatoms. The van der Waals surface area contributed by atoms with Crippen LogP contribution in [0.1, 0.15) is 31.0 Å². The Kier molecular flexibility index (Phi) is 4.14. The molecule has 3 rings (SSSR count). The monoisotopic (exact) mass is 271 g/mol. The second-order valence-corrected chi connectivity index (χ2v) is 5.42. The highest BCUT2D eigenvalue weighted by Crippen LogP contribution is 2.25. The lowest BCUT2D eigenvalue weighted by Crippen LogP contribution is -2.22. The fraction of sp³-hybridized carbons (Fsp3) is 0.438. The lowest BCUT2D eigenvalue weighted by atomic mass is 9.92. The topological polar surface area (TPSA) is 53.1 Å². The van der Waals surface area contributed by atoms with Crippen molar-refractivity contribution in [3.8, 4) is 5.69 Å². The lowest BCUT2D eigenvalue weighted by Gasteiger charge is -2.24. The molecule has 1 atom stereocenters. The average molecular weight is 271 g/mol. The number of para-hydroxylation sites is 1. The third-order valence-electron chi connectivity index (χ3n) is 3.94. The summed E-state index contributed by atoms with van der Waals surface area (Å²) in [6.07, 6.45) is 5.21. The molecule has 2 heterocycles. The van der Waals surface area contributed by atoms with E-state index in [2.05, 4.69) is 5.10 Å². The highest BCUT2D eigenvalue weighted by atomic mass is 16.5. The second kappa shape index (κ2) is 6.20. The van der Waals surface area contributed by atoms with Crippen LogP contribution in [0.4, 0.5) is 0 Å². The third kappa shape index (κ3) is 3.08. The zero-order valence-electron chi connectivity index (χ0n) is 11.6. The molecule has 106 valence electrons. The number of nitrogens with zero attached hydrogens (tertiary/aromatic N) is 2. The first kappa shape index (κ1) is 13.3. The van der Waals surface area contributed by atoms with E-state index >= 15 is 0 Å². The number of ether oxygens (including phenoxy) is 1. The summed E-state index contributed by atoms with van der Waals surface area (Å²) in [6, 6.07) is 12.2. The first-order valence-corrected chi connectivity index (χ1v) is 7.27. The van der Waals surface area contributed by atoms with Crippen molar-refractivity contribution < 1.29 is 4.74 Å². The molecular weight excluding hydrogens is 250 g/mol. The Bertz CT molecular complexity index is 532. The number of benzene rings is 1. The second-order valence-electron chi connectivity index (χ2n) is 5.42. The number of nitrogens with two attached hydrogens (primary N) is 1. The number of hydrogen-bond acceptors (Lipinski definition) is 3. The zero-order chi connectivity index (χ0) is 13.8. The van der Waals surface area contributed by atoms with Crippen LogP contribution in [0.3, 0.4) is 0 Å². The van der Waals surface area contributed by atoms with Gasteiger partial charge in [0, 0.05) is 25.5 Å². The Morgan fingerprint density at radius 2 is 1.95 bits per heavy atom. The summed E-state index contributed by atoms with van der Waals surface area (Å²) in [4.78, 5) is 0. The van der Waals surface area contributed by atoms with Crippen LogP contribution in [0, 0.1) is 5.92 Å². The summed E-state index contributed by atoms with van der Waals surface area (Å²) in [5.74, 6) is 0.667. The van der Waals surface area contributed by atoms with Gasteiger partial charge in [-0.2, -0.15) is 5.10 Å². The molecule has 0 aliphatic carbocycles. The molecule has 1 aromatic carbocycles. The summed E-state index contributed by atoms with van der Waals surface area (Å²) >= 11 is 0. The summed E-state index contributed by atoms with van der Waals surface area (Å²) < 4.78 is 7.28. The van der Waals surface area contributed by atoms with Crippen LogP contribution in [0.2, 0.25) is 0 Å². The van der Waals surface area contributed by atoms with Gasteiger partial charge >= 0.3 is 0 Å². The first-order chi connectivity index (χ1) is 9.83. The van der Waals surface area contributed by atoms with Gasteiger partial charge in [-0.3, -0.25) is 0 Å². The van der Waals surface area contributed by atoms with Gasteiger partial charge in [-0.1, -0.05) is 18.2 Å². The van der Waals surface area contributed by atoms with Crippen molar-refractivity contribution in [3.05, 3.63) is 48.3 Å². The van der Waals surface area contributed by atoms with Crippen molar-refractivity contribution in [1.82, 2.24) is 9.78 Å².